The largest absolute Gasteiger partial charge is 0.497 e. The number of carbonyl (C=O) groups is 3. The topological polar surface area (TPSA) is 161 Å². The molecule has 2 aliphatic heterocycles. The van der Waals surface area contributed by atoms with E-state index in [1.165, 1.54) is 29.2 Å². The number of amides is 3. The Hall–Kier alpha value is -4.47. The van der Waals surface area contributed by atoms with E-state index in [0.29, 0.717) is 29.3 Å². The molecule has 0 radical (unpaired) electrons. The zero-order chi connectivity index (χ0) is 34.1. The number of methoxy groups -OCH3 is 1. The molecule has 3 aromatic carbocycles. The number of nitrogens with zero attached hydrogens (tertiary/aromatic N) is 2. The van der Waals surface area contributed by atoms with Crippen molar-refractivity contribution < 1.29 is 28.8 Å². The van der Waals surface area contributed by atoms with Crippen molar-refractivity contribution >= 4 is 73.8 Å². The van der Waals surface area contributed by atoms with Crippen LogP contribution in [0.5, 0.6) is 11.5 Å². The van der Waals surface area contributed by atoms with E-state index in [4.69, 9.17) is 9.47 Å². The van der Waals surface area contributed by atoms with Crippen LogP contribution in [0, 0.1) is 39.7 Å². The third-order valence-electron chi connectivity index (χ3n) is 10.1. The van der Waals surface area contributed by atoms with Crippen molar-refractivity contribution in [2.24, 2.45) is 29.6 Å². The lowest BCUT2D eigenvalue weighted by molar-refractivity contribution is -0.384. The highest BCUT2D eigenvalue weighted by Gasteiger charge is 2.70. The molecule has 2 N–H and O–H groups in total. The highest BCUT2D eigenvalue weighted by atomic mass is 79.9. The number of halogens is 1. The molecule has 7 atom stereocenters. The number of H-pyrrole nitrogens is 1. The van der Waals surface area contributed by atoms with E-state index < -0.39 is 16.8 Å². The maximum atomic E-state index is 14.1. The van der Waals surface area contributed by atoms with Crippen molar-refractivity contribution in [3.8, 4) is 11.5 Å². The third kappa shape index (κ3) is 5.25. The molecule has 1 saturated heterocycles. The second-order valence-electron chi connectivity index (χ2n) is 12.5. The van der Waals surface area contributed by atoms with E-state index in [9.17, 15) is 29.3 Å². The van der Waals surface area contributed by atoms with Crippen LogP contribution >= 0.6 is 39.0 Å². The molecule has 15 heteroatoms. The minimum atomic E-state index is -0.555. The number of ether oxygens (including phenoxy) is 2. The Morgan fingerprint density at radius 3 is 2.45 bits per heavy atom. The molecule has 4 aliphatic rings. The molecule has 6 unspecified atom stereocenters. The van der Waals surface area contributed by atoms with Gasteiger partial charge in [0.05, 0.1) is 34.6 Å². The van der Waals surface area contributed by atoms with Gasteiger partial charge < -0.3 is 19.8 Å². The number of aromatic nitrogens is 1. The van der Waals surface area contributed by atoms with Gasteiger partial charge in [0, 0.05) is 43.9 Å². The number of rotatable bonds is 8. The molecule has 1 aromatic heterocycles. The van der Waals surface area contributed by atoms with E-state index in [0.717, 1.165) is 31.3 Å². The minimum Gasteiger partial charge on any atom is -0.497 e. The predicted molar refractivity (Wildman–Crippen MR) is 185 cm³/mol. The molecule has 3 fully saturated rings. The summed E-state index contributed by atoms with van der Waals surface area (Å²) in [6.45, 7) is -0.263. The van der Waals surface area contributed by atoms with E-state index in [1.54, 1.807) is 49.2 Å². The van der Waals surface area contributed by atoms with Gasteiger partial charge in [-0.1, -0.05) is 27.3 Å². The highest BCUT2D eigenvalue weighted by molar-refractivity contribution is 9.10. The summed E-state index contributed by atoms with van der Waals surface area (Å²) >= 11 is 6.30. The first-order valence-corrected chi connectivity index (χ1v) is 18.0. The summed E-state index contributed by atoms with van der Waals surface area (Å²) in [6.07, 6.45) is 0.688. The first-order valence-electron chi connectivity index (χ1n) is 15.5. The minimum absolute atomic E-state index is 0.0623. The van der Waals surface area contributed by atoms with Crippen molar-refractivity contribution in [1.29, 1.82) is 0 Å². The number of fused-ring (bicyclic) bond motifs is 9. The fourth-order valence-electron chi connectivity index (χ4n) is 8.25. The Morgan fingerprint density at radius 1 is 1.04 bits per heavy atom. The van der Waals surface area contributed by atoms with Crippen LogP contribution in [0.3, 0.4) is 0 Å². The Bertz CT molecular complexity index is 2080. The second-order valence-corrected chi connectivity index (χ2v) is 15.6. The molecule has 0 spiro atoms. The average Bonchev–Trinajstić information content (AvgIpc) is 3.83. The molecule has 2 saturated carbocycles. The number of benzene rings is 3. The Morgan fingerprint density at radius 2 is 1.76 bits per heavy atom. The van der Waals surface area contributed by atoms with Crippen LogP contribution in [-0.4, -0.2) is 46.6 Å². The summed E-state index contributed by atoms with van der Waals surface area (Å²) in [6, 6.07) is 18.0. The third-order valence-corrected chi connectivity index (χ3v) is 13.2. The molecule has 4 aromatic rings. The van der Waals surface area contributed by atoms with Gasteiger partial charge in [0.15, 0.2) is 6.61 Å². The Balaban J connectivity index is 1.11. The van der Waals surface area contributed by atoms with Gasteiger partial charge in [-0.2, -0.15) is 0 Å². The summed E-state index contributed by atoms with van der Waals surface area (Å²) in [4.78, 5) is 69.3. The zero-order valence-corrected chi connectivity index (χ0v) is 28.9. The molecule has 3 amide bonds. The first kappa shape index (κ1) is 31.8. The first-order chi connectivity index (χ1) is 23.6. The van der Waals surface area contributed by atoms with Crippen molar-refractivity contribution in [2.45, 2.75) is 22.6 Å². The van der Waals surface area contributed by atoms with Gasteiger partial charge in [0.25, 0.3) is 11.6 Å². The van der Waals surface area contributed by atoms with Gasteiger partial charge in [-0.25, -0.2) is 0 Å². The van der Waals surface area contributed by atoms with Gasteiger partial charge in [-0.3, -0.25) is 34.2 Å². The Labute approximate surface area is 295 Å². The van der Waals surface area contributed by atoms with Crippen LogP contribution in [-0.2, 0) is 14.4 Å². The molecular weight excluding hydrogens is 736 g/mol. The molecule has 12 nitrogen and oxygen atoms in total. The van der Waals surface area contributed by atoms with E-state index in [2.05, 4.69) is 26.2 Å². The molecule has 8 rings (SSSR count). The quantitative estimate of drug-likeness (QED) is 0.128. The number of carbonyl (C=O) groups excluding carboxylic acids is 3. The van der Waals surface area contributed by atoms with Crippen LogP contribution in [0.1, 0.15) is 22.8 Å². The molecule has 250 valence electrons. The lowest BCUT2D eigenvalue weighted by Crippen LogP contribution is -2.42. The van der Waals surface area contributed by atoms with Crippen molar-refractivity contribution in [2.75, 3.05) is 23.9 Å². The maximum absolute atomic E-state index is 14.1. The van der Waals surface area contributed by atoms with Crippen molar-refractivity contribution in [3.63, 3.8) is 0 Å². The standard InChI is InChI=1S/C34H27BrN4O8S2/c1-46-19-9-3-16(4-10-19)36-24(40)14-47-23-11-2-15(35)12-20(23)25-26-21-13-22(29(26)48-31-30(25)49-34(43)37-31)28-27(21)32(41)38(33(28)42)17-5-7-18(8-6-17)39(44)45/h2-12,21-22,25-29H,13-14H2,1H3,(H,36,40)(H,37,43)/t21?,22?,25-,26?,27?,28?,29?/m1/s1. The molecule has 3 heterocycles. The highest BCUT2D eigenvalue weighted by Crippen LogP contribution is 2.69. The fourth-order valence-corrected chi connectivity index (χ4v) is 11.5. The number of anilines is 2. The van der Waals surface area contributed by atoms with Gasteiger partial charge >= 0.3 is 4.87 Å². The summed E-state index contributed by atoms with van der Waals surface area (Å²) in [5.74, 6) is -1.58. The second kappa shape index (κ2) is 12.1. The Kier molecular flexibility index (Phi) is 7.87. The predicted octanol–water partition coefficient (Wildman–Crippen LogP) is 5.81. The summed E-state index contributed by atoms with van der Waals surface area (Å²) < 4.78 is 12.1. The normalized spacial score (nSPS) is 26.2. The number of thioether (sulfide) groups is 1. The van der Waals surface area contributed by atoms with Gasteiger partial charge in [0.2, 0.25) is 11.8 Å². The van der Waals surface area contributed by atoms with E-state index >= 15 is 0 Å². The molecule has 2 aliphatic carbocycles. The lowest BCUT2D eigenvalue weighted by Gasteiger charge is -2.43. The molecular formula is C34H27BrN4O8S2. The van der Waals surface area contributed by atoms with Crippen LogP contribution < -0.4 is 24.6 Å². The maximum Gasteiger partial charge on any atom is 0.305 e. The number of hydrogen-bond donors (Lipinski definition) is 2. The summed E-state index contributed by atoms with van der Waals surface area (Å²) in [5, 5.41) is 14.7. The smallest absolute Gasteiger partial charge is 0.305 e. The number of hydrogen-bond acceptors (Lipinski definition) is 10. The summed E-state index contributed by atoms with van der Waals surface area (Å²) in [5.41, 5.74) is 1.57. The van der Waals surface area contributed by atoms with Crippen LogP contribution in [0.25, 0.3) is 0 Å². The SMILES string of the molecule is COc1ccc(NC(=O)COc2ccc(Br)cc2[C@H]2c3sc(=O)[nH]c3SC3C4CC(C5C(=O)N(c6ccc([N+](=O)[O-])cc6)C(=O)C45)C32)cc1. The van der Waals surface area contributed by atoms with Gasteiger partial charge in [-0.15, -0.1) is 11.8 Å². The number of nitro groups is 1. The monoisotopic (exact) mass is 762 g/mol. The number of aromatic amines is 1. The summed E-state index contributed by atoms with van der Waals surface area (Å²) in [7, 11) is 1.57. The number of non-ortho nitro benzene ring substituents is 1. The average molecular weight is 764 g/mol. The van der Waals surface area contributed by atoms with Crippen LogP contribution in [0.4, 0.5) is 17.1 Å². The molecule has 2 bridgehead atoms. The van der Waals surface area contributed by atoms with Crippen molar-refractivity contribution in [3.05, 3.63) is 101 Å². The van der Waals surface area contributed by atoms with Crippen molar-refractivity contribution in [1.82, 2.24) is 4.98 Å². The lowest BCUT2D eigenvalue weighted by atomic mass is 9.68. The van der Waals surface area contributed by atoms with Crippen LogP contribution in [0.15, 0.2) is 81.0 Å². The number of thiazole rings is 1. The van der Waals surface area contributed by atoms with Gasteiger partial charge in [-0.05, 0) is 78.8 Å². The van der Waals surface area contributed by atoms with Crippen LogP contribution in [0.2, 0.25) is 0 Å². The van der Waals surface area contributed by atoms with E-state index in [-0.39, 0.29) is 63.8 Å². The zero-order valence-electron chi connectivity index (χ0n) is 25.7. The number of imide groups is 1. The van der Waals surface area contributed by atoms with Gasteiger partial charge in [0.1, 0.15) is 11.5 Å². The molecule has 49 heavy (non-hydrogen) atoms. The number of nitro benzene ring substituents is 1. The van der Waals surface area contributed by atoms with E-state index in [1.807, 2.05) is 12.1 Å². The number of nitrogens with one attached hydrogen (secondary N) is 2. The fraction of sp³-hybridized carbons (Fsp3) is 0.294.